The summed E-state index contributed by atoms with van der Waals surface area (Å²) in [4.78, 5) is 0. The number of phosphoric ester groups is 1. The maximum absolute atomic E-state index is 12.3. The van der Waals surface area contributed by atoms with Crippen LogP contribution in [0.15, 0.2) is 0 Å². The van der Waals surface area contributed by atoms with Gasteiger partial charge < -0.3 is 0 Å². The molecule has 0 aliphatic rings. The molecule has 0 radical (unpaired) electrons. The molecule has 0 aromatic rings. The van der Waals surface area contributed by atoms with Crippen LogP contribution in [0.2, 0.25) is 0 Å². The molecular formula is C13H29O4P. The van der Waals surface area contributed by atoms with Crippen LogP contribution in [-0.2, 0) is 18.1 Å². The van der Waals surface area contributed by atoms with Gasteiger partial charge in [0.25, 0.3) is 0 Å². The van der Waals surface area contributed by atoms with E-state index in [0.29, 0.717) is 0 Å². The standard InChI is InChI=1S/C13H29O4P/c1-6-8-10-12(3)16-18(14,15-5)17-13(4)11-9-7-2/h12-13H,6-11H2,1-5H3. The van der Waals surface area contributed by atoms with Crippen LogP contribution >= 0.6 is 7.82 Å². The van der Waals surface area contributed by atoms with Crippen molar-refractivity contribution >= 4 is 7.82 Å². The highest BCUT2D eigenvalue weighted by Crippen LogP contribution is 2.51. The molecule has 0 spiro atoms. The van der Waals surface area contributed by atoms with Gasteiger partial charge in [0.1, 0.15) is 0 Å². The molecule has 0 saturated carbocycles. The van der Waals surface area contributed by atoms with Gasteiger partial charge in [-0.1, -0.05) is 39.5 Å². The van der Waals surface area contributed by atoms with Gasteiger partial charge in [0, 0.05) is 7.11 Å². The second kappa shape index (κ2) is 9.96. The van der Waals surface area contributed by atoms with Crippen LogP contribution in [0, 0.1) is 0 Å². The quantitative estimate of drug-likeness (QED) is 0.503. The number of hydrogen-bond acceptors (Lipinski definition) is 4. The minimum absolute atomic E-state index is 0.103. The van der Waals surface area contributed by atoms with Gasteiger partial charge in [-0.25, -0.2) is 4.57 Å². The average molecular weight is 280 g/mol. The zero-order valence-electron chi connectivity index (χ0n) is 12.5. The summed E-state index contributed by atoms with van der Waals surface area (Å²) in [6.45, 7) is 8.04. The van der Waals surface area contributed by atoms with E-state index in [9.17, 15) is 4.57 Å². The van der Waals surface area contributed by atoms with Crippen LogP contribution in [0.5, 0.6) is 0 Å². The van der Waals surface area contributed by atoms with E-state index >= 15 is 0 Å². The Morgan fingerprint density at radius 2 is 1.33 bits per heavy atom. The largest absolute Gasteiger partial charge is 0.475 e. The molecule has 0 N–H and O–H groups in total. The number of unbranched alkanes of at least 4 members (excludes halogenated alkanes) is 2. The van der Waals surface area contributed by atoms with E-state index in [1.54, 1.807) is 0 Å². The van der Waals surface area contributed by atoms with Crippen molar-refractivity contribution in [3.05, 3.63) is 0 Å². The molecule has 0 aliphatic heterocycles. The molecule has 4 nitrogen and oxygen atoms in total. The van der Waals surface area contributed by atoms with E-state index in [2.05, 4.69) is 13.8 Å². The van der Waals surface area contributed by atoms with Gasteiger partial charge in [-0.05, 0) is 26.7 Å². The minimum atomic E-state index is -3.39. The highest BCUT2D eigenvalue weighted by atomic mass is 31.2. The second-order valence-corrected chi connectivity index (χ2v) is 6.43. The summed E-state index contributed by atoms with van der Waals surface area (Å²) in [7, 11) is -2.02. The molecule has 0 amide bonds. The Hall–Kier alpha value is 0.110. The molecule has 0 bridgehead atoms. The maximum Gasteiger partial charge on any atom is 0.475 e. The topological polar surface area (TPSA) is 44.8 Å². The average Bonchev–Trinajstić information content (AvgIpc) is 2.33. The molecule has 0 aliphatic carbocycles. The third kappa shape index (κ3) is 8.25. The summed E-state index contributed by atoms with van der Waals surface area (Å²) < 4.78 is 28.1. The zero-order valence-corrected chi connectivity index (χ0v) is 13.4. The van der Waals surface area contributed by atoms with E-state index < -0.39 is 7.82 Å². The number of phosphoric acid groups is 1. The van der Waals surface area contributed by atoms with E-state index in [0.717, 1.165) is 38.5 Å². The third-order valence-electron chi connectivity index (χ3n) is 2.77. The minimum Gasteiger partial charge on any atom is -0.290 e. The summed E-state index contributed by atoms with van der Waals surface area (Å²) in [6, 6.07) is 0. The van der Waals surface area contributed by atoms with E-state index in [1.165, 1.54) is 7.11 Å². The highest BCUT2D eigenvalue weighted by molar-refractivity contribution is 7.48. The predicted octanol–water partition coefficient (Wildman–Crippen LogP) is 4.93. The number of rotatable bonds is 11. The molecule has 0 aromatic heterocycles. The van der Waals surface area contributed by atoms with Crippen LogP contribution in [-0.4, -0.2) is 19.3 Å². The first kappa shape index (κ1) is 18.1. The summed E-state index contributed by atoms with van der Waals surface area (Å²) >= 11 is 0. The zero-order chi connectivity index (χ0) is 14.0. The lowest BCUT2D eigenvalue weighted by molar-refractivity contribution is 0.0671. The molecule has 110 valence electrons. The maximum atomic E-state index is 12.3. The van der Waals surface area contributed by atoms with Gasteiger partial charge in [0.15, 0.2) is 0 Å². The van der Waals surface area contributed by atoms with Crippen molar-refractivity contribution in [2.45, 2.75) is 78.4 Å². The Kier molecular flexibility index (Phi) is 10.0. The Balaban J connectivity index is 4.20. The molecule has 0 rings (SSSR count). The predicted molar refractivity (Wildman–Crippen MR) is 74.8 cm³/mol. The summed E-state index contributed by atoms with van der Waals surface area (Å²) in [5.41, 5.74) is 0. The first-order chi connectivity index (χ1) is 8.47. The van der Waals surface area contributed by atoms with E-state index in [1.807, 2.05) is 13.8 Å². The molecule has 0 aromatic carbocycles. The van der Waals surface area contributed by atoms with E-state index in [4.69, 9.17) is 13.6 Å². The van der Waals surface area contributed by atoms with Gasteiger partial charge in [-0.15, -0.1) is 0 Å². The normalized spacial score (nSPS) is 18.3. The molecule has 0 fully saturated rings. The lowest BCUT2D eigenvalue weighted by Crippen LogP contribution is -2.13. The highest BCUT2D eigenvalue weighted by Gasteiger charge is 2.29. The fraction of sp³-hybridized carbons (Fsp3) is 1.00. The van der Waals surface area contributed by atoms with Crippen LogP contribution in [0.25, 0.3) is 0 Å². The van der Waals surface area contributed by atoms with Crippen molar-refractivity contribution in [3.63, 3.8) is 0 Å². The lowest BCUT2D eigenvalue weighted by atomic mass is 10.2. The smallest absolute Gasteiger partial charge is 0.290 e. The van der Waals surface area contributed by atoms with Crippen LogP contribution in [0.4, 0.5) is 0 Å². The molecular weight excluding hydrogens is 251 g/mol. The first-order valence-corrected chi connectivity index (χ1v) is 8.46. The summed E-state index contributed by atoms with van der Waals surface area (Å²) in [6.07, 6.45) is 5.83. The van der Waals surface area contributed by atoms with Crippen molar-refractivity contribution in [1.82, 2.24) is 0 Å². The Bertz CT molecular complexity index is 225. The Labute approximate surface area is 112 Å². The fourth-order valence-electron chi connectivity index (χ4n) is 1.64. The fourth-order valence-corrected chi connectivity index (χ4v) is 2.95. The molecule has 0 heterocycles. The Morgan fingerprint density at radius 1 is 0.944 bits per heavy atom. The van der Waals surface area contributed by atoms with Crippen LogP contribution in [0.3, 0.4) is 0 Å². The molecule has 2 unspecified atom stereocenters. The molecule has 5 heteroatoms. The Morgan fingerprint density at radius 3 is 1.61 bits per heavy atom. The third-order valence-corrected chi connectivity index (χ3v) is 4.45. The van der Waals surface area contributed by atoms with Crippen molar-refractivity contribution in [2.75, 3.05) is 7.11 Å². The van der Waals surface area contributed by atoms with Gasteiger partial charge in [-0.2, -0.15) is 0 Å². The van der Waals surface area contributed by atoms with Gasteiger partial charge in [-0.3, -0.25) is 13.6 Å². The SMILES string of the molecule is CCCCC(C)OP(=O)(OC)OC(C)CCCC. The van der Waals surface area contributed by atoms with Crippen LogP contribution in [0.1, 0.15) is 66.2 Å². The monoisotopic (exact) mass is 280 g/mol. The molecule has 0 saturated heterocycles. The van der Waals surface area contributed by atoms with Crippen LogP contribution < -0.4 is 0 Å². The first-order valence-electron chi connectivity index (χ1n) is 7.00. The second-order valence-electron chi connectivity index (χ2n) is 4.75. The van der Waals surface area contributed by atoms with E-state index in [-0.39, 0.29) is 12.2 Å². The molecule has 2 atom stereocenters. The van der Waals surface area contributed by atoms with Gasteiger partial charge in [0.05, 0.1) is 12.2 Å². The summed E-state index contributed by atoms with van der Waals surface area (Å²) in [5.74, 6) is 0. The molecule has 18 heavy (non-hydrogen) atoms. The van der Waals surface area contributed by atoms with Gasteiger partial charge >= 0.3 is 7.82 Å². The van der Waals surface area contributed by atoms with Crippen molar-refractivity contribution in [2.24, 2.45) is 0 Å². The van der Waals surface area contributed by atoms with Crippen molar-refractivity contribution in [1.29, 1.82) is 0 Å². The van der Waals surface area contributed by atoms with Gasteiger partial charge in [0.2, 0.25) is 0 Å². The lowest BCUT2D eigenvalue weighted by Gasteiger charge is -2.23. The summed E-state index contributed by atoms with van der Waals surface area (Å²) in [5, 5.41) is 0. The van der Waals surface area contributed by atoms with Crippen molar-refractivity contribution < 1.29 is 18.1 Å². The van der Waals surface area contributed by atoms with Crippen molar-refractivity contribution in [3.8, 4) is 0 Å². The number of hydrogen-bond donors (Lipinski definition) is 0.